The fraction of sp³-hybridized carbons (Fsp3) is 0.588. The van der Waals surface area contributed by atoms with Crippen LogP contribution in [0.25, 0.3) is 0 Å². The molecule has 1 fully saturated rings. The zero-order valence-corrected chi connectivity index (χ0v) is 16.4. The number of halogens is 1. The van der Waals surface area contributed by atoms with Gasteiger partial charge in [-0.3, -0.25) is 0 Å². The normalized spacial score (nSPS) is 20.3. The molecule has 1 aromatic carbocycles. The summed E-state index contributed by atoms with van der Waals surface area (Å²) < 4.78 is 11.4. The number of hydrogen-bond donors (Lipinski definition) is 2. The van der Waals surface area contributed by atoms with E-state index in [9.17, 15) is 5.11 Å². The molecule has 1 atom stereocenters. The predicted octanol–water partition coefficient (Wildman–Crippen LogP) is 2.00. The summed E-state index contributed by atoms with van der Waals surface area (Å²) in [6, 6.07) is 5.99. The summed E-state index contributed by atoms with van der Waals surface area (Å²) in [5.74, 6) is 2.47. The summed E-state index contributed by atoms with van der Waals surface area (Å²) in [5, 5.41) is 13.0. The molecule has 2 aliphatic rings. The first kappa shape index (κ1) is 19.1. The molecule has 0 aliphatic carbocycles. The van der Waals surface area contributed by atoms with Crippen molar-refractivity contribution < 1.29 is 14.6 Å². The number of nitrogens with one attached hydrogen (secondary N) is 1. The van der Waals surface area contributed by atoms with Crippen molar-refractivity contribution in [2.24, 2.45) is 4.99 Å². The fourth-order valence-electron chi connectivity index (χ4n) is 2.83. The van der Waals surface area contributed by atoms with Gasteiger partial charge in [-0.15, -0.1) is 24.0 Å². The van der Waals surface area contributed by atoms with Gasteiger partial charge in [-0.2, -0.15) is 0 Å². The minimum Gasteiger partial charge on any atom is -0.490 e. The SMILES string of the molecule is CCNC(=NCc1ccc2c(c1)OCCCO2)N1CC[C@@H](O)C1.I. The van der Waals surface area contributed by atoms with Gasteiger partial charge in [0.15, 0.2) is 17.5 Å². The molecule has 134 valence electrons. The topological polar surface area (TPSA) is 66.3 Å². The van der Waals surface area contributed by atoms with Crippen LogP contribution in [-0.2, 0) is 6.54 Å². The zero-order chi connectivity index (χ0) is 16.1. The fourth-order valence-corrected chi connectivity index (χ4v) is 2.83. The summed E-state index contributed by atoms with van der Waals surface area (Å²) in [7, 11) is 0. The van der Waals surface area contributed by atoms with Crippen molar-refractivity contribution in [3.63, 3.8) is 0 Å². The second-order valence-electron chi connectivity index (χ2n) is 5.89. The van der Waals surface area contributed by atoms with Crippen molar-refractivity contribution in [3.8, 4) is 11.5 Å². The Morgan fingerprint density at radius 2 is 2.12 bits per heavy atom. The van der Waals surface area contributed by atoms with E-state index < -0.39 is 0 Å². The molecule has 1 aromatic rings. The summed E-state index contributed by atoms with van der Waals surface area (Å²) in [4.78, 5) is 6.80. The van der Waals surface area contributed by atoms with Gasteiger partial charge in [0.05, 0.1) is 25.9 Å². The van der Waals surface area contributed by atoms with E-state index in [0.717, 1.165) is 49.0 Å². The number of guanidine groups is 1. The van der Waals surface area contributed by atoms with Crippen LogP contribution in [0.1, 0.15) is 25.3 Å². The monoisotopic (exact) mass is 447 g/mol. The van der Waals surface area contributed by atoms with Crippen LogP contribution in [0.15, 0.2) is 23.2 Å². The molecule has 6 nitrogen and oxygen atoms in total. The number of β-amino-alcohol motifs (C(OH)–C–C–N with tert-alkyl or cyclic N) is 1. The Morgan fingerprint density at radius 3 is 2.83 bits per heavy atom. The average molecular weight is 447 g/mol. The molecule has 24 heavy (non-hydrogen) atoms. The molecule has 2 aliphatic heterocycles. The van der Waals surface area contributed by atoms with Crippen molar-refractivity contribution in [2.45, 2.75) is 32.4 Å². The third kappa shape index (κ3) is 4.89. The average Bonchev–Trinajstić information content (AvgIpc) is 2.85. The number of fused-ring (bicyclic) bond motifs is 1. The second kappa shape index (κ2) is 9.31. The Morgan fingerprint density at radius 1 is 1.33 bits per heavy atom. The third-order valence-corrected chi connectivity index (χ3v) is 4.02. The lowest BCUT2D eigenvalue weighted by molar-refractivity contribution is 0.188. The predicted molar refractivity (Wildman–Crippen MR) is 104 cm³/mol. The second-order valence-corrected chi connectivity index (χ2v) is 5.89. The third-order valence-electron chi connectivity index (χ3n) is 4.02. The zero-order valence-electron chi connectivity index (χ0n) is 14.0. The van der Waals surface area contributed by atoms with Crippen LogP contribution in [0.2, 0.25) is 0 Å². The number of hydrogen-bond acceptors (Lipinski definition) is 4. The molecule has 3 rings (SSSR count). The highest BCUT2D eigenvalue weighted by Crippen LogP contribution is 2.30. The van der Waals surface area contributed by atoms with Crippen LogP contribution in [0.5, 0.6) is 11.5 Å². The maximum atomic E-state index is 9.71. The number of aliphatic hydroxyl groups is 1. The van der Waals surface area contributed by atoms with E-state index >= 15 is 0 Å². The smallest absolute Gasteiger partial charge is 0.194 e. The van der Waals surface area contributed by atoms with E-state index in [0.29, 0.717) is 26.3 Å². The first-order valence-electron chi connectivity index (χ1n) is 8.36. The molecule has 7 heteroatoms. The minimum atomic E-state index is -0.253. The van der Waals surface area contributed by atoms with Gasteiger partial charge in [0.2, 0.25) is 0 Å². The van der Waals surface area contributed by atoms with Crippen LogP contribution in [0.3, 0.4) is 0 Å². The molecule has 0 spiro atoms. The number of rotatable bonds is 3. The van der Waals surface area contributed by atoms with E-state index in [1.807, 2.05) is 18.2 Å². The van der Waals surface area contributed by atoms with Gasteiger partial charge >= 0.3 is 0 Å². The first-order chi connectivity index (χ1) is 11.3. The molecule has 2 heterocycles. The Bertz CT molecular complexity index is 568. The highest BCUT2D eigenvalue weighted by atomic mass is 127. The number of nitrogens with zero attached hydrogens (tertiary/aromatic N) is 2. The Kier molecular flexibility index (Phi) is 7.41. The van der Waals surface area contributed by atoms with Gasteiger partial charge in [0.25, 0.3) is 0 Å². The molecule has 0 aromatic heterocycles. The van der Waals surface area contributed by atoms with Crippen LogP contribution < -0.4 is 14.8 Å². The maximum Gasteiger partial charge on any atom is 0.194 e. The molecular formula is C17H26IN3O3. The summed E-state index contributed by atoms with van der Waals surface area (Å²) in [5.41, 5.74) is 1.09. The van der Waals surface area contributed by atoms with Crippen molar-refractivity contribution >= 4 is 29.9 Å². The maximum absolute atomic E-state index is 9.71. The Balaban J connectivity index is 0.00000208. The highest BCUT2D eigenvalue weighted by molar-refractivity contribution is 14.0. The van der Waals surface area contributed by atoms with E-state index in [-0.39, 0.29) is 30.1 Å². The Hall–Kier alpha value is -1.22. The van der Waals surface area contributed by atoms with Crippen molar-refractivity contribution in [1.29, 1.82) is 0 Å². The molecule has 0 bridgehead atoms. The van der Waals surface area contributed by atoms with E-state index in [1.54, 1.807) is 0 Å². The molecule has 1 saturated heterocycles. The lowest BCUT2D eigenvalue weighted by atomic mass is 10.2. The van der Waals surface area contributed by atoms with Gasteiger partial charge < -0.3 is 24.8 Å². The molecule has 0 amide bonds. The van der Waals surface area contributed by atoms with Crippen molar-refractivity contribution in [2.75, 3.05) is 32.8 Å². The molecule has 0 radical (unpaired) electrons. The molecule has 0 unspecified atom stereocenters. The largest absolute Gasteiger partial charge is 0.490 e. The number of likely N-dealkylation sites (tertiary alicyclic amines) is 1. The van der Waals surface area contributed by atoms with Gasteiger partial charge in [0, 0.05) is 26.1 Å². The van der Waals surface area contributed by atoms with Crippen LogP contribution in [0, 0.1) is 0 Å². The summed E-state index contributed by atoms with van der Waals surface area (Å²) in [6.07, 6.45) is 1.45. The van der Waals surface area contributed by atoms with E-state index in [2.05, 4.69) is 17.1 Å². The van der Waals surface area contributed by atoms with E-state index in [1.165, 1.54) is 0 Å². The van der Waals surface area contributed by atoms with Gasteiger partial charge in [-0.25, -0.2) is 4.99 Å². The van der Waals surface area contributed by atoms with Crippen molar-refractivity contribution in [1.82, 2.24) is 10.2 Å². The first-order valence-corrected chi connectivity index (χ1v) is 8.36. The standard InChI is InChI=1S/C17H25N3O3.HI/c1-2-18-17(20-7-6-14(21)12-20)19-11-13-4-5-15-16(10-13)23-9-3-8-22-15;/h4-5,10,14,21H,2-3,6-9,11-12H2,1H3,(H,18,19);1H/t14-;/m1./s1. The van der Waals surface area contributed by atoms with Crippen LogP contribution in [-0.4, -0.2) is 54.9 Å². The molecule has 0 saturated carbocycles. The number of benzene rings is 1. The minimum absolute atomic E-state index is 0. The lowest BCUT2D eigenvalue weighted by Gasteiger charge is -2.21. The molecule has 2 N–H and O–H groups in total. The number of ether oxygens (including phenoxy) is 2. The van der Waals surface area contributed by atoms with Crippen LogP contribution in [0.4, 0.5) is 0 Å². The van der Waals surface area contributed by atoms with Crippen LogP contribution >= 0.6 is 24.0 Å². The summed E-state index contributed by atoms with van der Waals surface area (Å²) in [6.45, 7) is 6.31. The number of aliphatic hydroxyl groups excluding tert-OH is 1. The van der Waals surface area contributed by atoms with E-state index in [4.69, 9.17) is 14.5 Å². The molecular weight excluding hydrogens is 421 g/mol. The van der Waals surface area contributed by atoms with Gasteiger partial charge in [0.1, 0.15) is 0 Å². The Labute approximate surface area is 160 Å². The lowest BCUT2D eigenvalue weighted by Crippen LogP contribution is -2.40. The number of aliphatic imine (C=N–C) groups is 1. The summed E-state index contributed by atoms with van der Waals surface area (Å²) >= 11 is 0. The van der Waals surface area contributed by atoms with Crippen molar-refractivity contribution in [3.05, 3.63) is 23.8 Å². The quantitative estimate of drug-likeness (QED) is 0.422. The van der Waals surface area contributed by atoms with Gasteiger partial charge in [-0.1, -0.05) is 6.07 Å². The highest BCUT2D eigenvalue weighted by Gasteiger charge is 2.22. The van der Waals surface area contributed by atoms with Gasteiger partial charge in [-0.05, 0) is 31.0 Å².